The molecule has 1 aromatic rings. The standard InChI is InChI=1S/C25H36F3N3O3S/c1-24(2,3)13-21(29-4)23(32)31(18-8-9-18)22-12-5-16-14-30(15-20(16)22)35(33,34)19-10-6-17(7-11-19)25(26,27)28/h6-7,10-11,16,18,20-22,29H,5,8-9,12-15H2,1-4H3/t16-,20+,21+,22+/m1/s1. The smallest absolute Gasteiger partial charge is 0.335 e. The van der Waals surface area contributed by atoms with E-state index in [0.717, 1.165) is 49.9 Å². The Kier molecular flexibility index (Phi) is 7.05. The van der Waals surface area contributed by atoms with Gasteiger partial charge in [0.2, 0.25) is 15.9 Å². The summed E-state index contributed by atoms with van der Waals surface area (Å²) in [5, 5.41) is 3.20. The van der Waals surface area contributed by atoms with E-state index in [-0.39, 0.29) is 46.2 Å². The topological polar surface area (TPSA) is 69.7 Å². The van der Waals surface area contributed by atoms with Gasteiger partial charge in [-0.15, -0.1) is 0 Å². The first-order chi connectivity index (χ1) is 16.2. The molecule has 196 valence electrons. The van der Waals surface area contributed by atoms with Crippen molar-refractivity contribution in [3.63, 3.8) is 0 Å². The molecule has 3 fully saturated rings. The van der Waals surface area contributed by atoms with Crippen LogP contribution in [0.3, 0.4) is 0 Å². The molecule has 3 aliphatic rings. The number of amides is 1. The van der Waals surface area contributed by atoms with E-state index in [4.69, 9.17) is 0 Å². The van der Waals surface area contributed by atoms with Crippen LogP contribution in [0.15, 0.2) is 29.2 Å². The highest BCUT2D eigenvalue weighted by molar-refractivity contribution is 7.89. The number of carbonyl (C=O) groups is 1. The van der Waals surface area contributed by atoms with Gasteiger partial charge in [0.1, 0.15) is 0 Å². The first-order valence-corrected chi connectivity index (χ1v) is 13.8. The van der Waals surface area contributed by atoms with Gasteiger partial charge in [0.25, 0.3) is 0 Å². The number of sulfonamides is 1. The van der Waals surface area contributed by atoms with E-state index in [0.29, 0.717) is 19.5 Å². The fraction of sp³-hybridized carbons (Fsp3) is 0.720. The molecule has 10 heteroatoms. The molecule has 0 aromatic heterocycles. The van der Waals surface area contributed by atoms with Crippen molar-refractivity contribution in [2.24, 2.45) is 17.3 Å². The number of hydrogen-bond donors (Lipinski definition) is 1. The van der Waals surface area contributed by atoms with Crippen LogP contribution in [0.2, 0.25) is 0 Å². The lowest BCUT2D eigenvalue weighted by molar-refractivity contribution is -0.138. The first kappa shape index (κ1) is 26.4. The lowest BCUT2D eigenvalue weighted by Crippen LogP contribution is -2.53. The molecule has 1 aromatic carbocycles. The lowest BCUT2D eigenvalue weighted by atomic mass is 9.87. The van der Waals surface area contributed by atoms with Crippen LogP contribution >= 0.6 is 0 Å². The third-order valence-electron chi connectivity index (χ3n) is 7.62. The van der Waals surface area contributed by atoms with Crippen molar-refractivity contribution in [2.45, 2.75) is 82.1 Å². The second kappa shape index (κ2) is 9.34. The van der Waals surface area contributed by atoms with E-state index in [1.807, 2.05) is 11.9 Å². The van der Waals surface area contributed by atoms with E-state index < -0.39 is 21.8 Å². The average molecular weight is 516 g/mol. The molecule has 1 heterocycles. The predicted molar refractivity (Wildman–Crippen MR) is 127 cm³/mol. The number of benzene rings is 1. The van der Waals surface area contributed by atoms with Crippen LogP contribution < -0.4 is 5.32 Å². The third-order valence-corrected chi connectivity index (χ3v) is 9.47. The van der Waals surface area contributed by atoms with Crippen LogP contribution in [0.1, 0.15) is 58.4 Å². The van der Waals surface area contributed by atoms with Gasteiger partial charge < -0.3 is 10.2 Å². The number of hydrogen-bond acceptors (Lipinski definition) is 4. The zero-order chi connectivity index (χ0) is 25.8. The predicted octanol–water partition coefficient (Wildman–Crippen LogP) is 4.12. The fourth-order valence-electron chi connectivity index (χ4n) is 5.77. The van der Waals surface area contributed by atoms with E-state index in [1.165, 1.54) is 4.31 Å². The van der Waals surface area contributed by atoms with Gasteiger partial charge in [0.15, 0.2) is 0 Å². The van der Waals surface area contributed by atoms with E-state index in [9.17, 15) is 26.4 Å². The summed E-state index contributed by atoms with van der Waals surface area (Å²) in [7, 11) is -2.10. The quantitative estimate of drug-likeness (QED) is 0.593. The molecule has 0 radical (unpaired) electrons. The largest absolute Gasteiger partial charge is 0.416 e. The molecule has 1 aliphatic heterocycles. The monoisotopic (exact) mass is 515 g/mol. The van der Waals surface area contributed by atoms with E-state index >= 15 is 0 Å². The SMILES string of the molecule is CN[C@@H](CC(C)(C)C)C(=O)N(C1CC1)[C@H]1CC[C@@H]2CN(S(=O)(=O)c3ccc(C(F)(F)F)cc3)C[C@@H]21. The van der Waals surface area contributed by atoms with Crippen molar-refractivity contribution in [3.05, 3.63) is 29.8 Å². The van der Waals surface area contributed by atoms with Gasteiger partial charge in [-0.25, -0.2) is 8.42 Å². The van der Waals surface area contributed by atoms with Gasteiger partial charge in [-0.05, 0) is 80.7 Å². The second-order valence-corrected chi connectivity index (χ2v) is 13.4. The van der Waals surface area contributed by atoms with Crippen molar-refractivity contribution in [3.8, 4) is 0 Å². The fourth-order valence-corrected chi connectivity index (χ4v) is 7.31. The Hall–Kier alpha value is -1.65. The third kappa shape index (κ3) is 5.54. The zero-order valence-corrected chi connectivity index (χ0v) is 21.6. The van der Waals surface area contributed by atoms with Gasteiger partial charge in [0.05, 0.1) is 16.5 Å². The van der Waals surface area contributed by atoms with Crippen molar-refractivity contribution in [2.75, 3.05) is 20.1 Å². The van der Waals surface area contributed by atoms with Crippen LogP contribution in [-0.4, -0.2) is 61.8 Å². The van der Waals surface area contributed by atoms with Gasteiger partial charge in [-0.1, -0.05) is 20.8 Å². The number of nitrogens with zero attached hydrogens (tertiary/aromatic N) is 2. The highest BCUT2D eigenvalue weighted by Gasteiger charge is 2.52. The molecule has 0 spiro atoms. The molecule has 4 rings (SSSR count). The van der Waals surface area contributed by atoms with E-state index in [1.54, 1.807) is 0 Å². The summed E-state index contributed by atoms with van der Waals surface area (Å²) >= 11 is 0. The maximum absolute atomic E-state index is 13.7. The highest BCUT2D eigenvalue weighted by Crippen LogP contribution is 2.45. The number of likely N-dealkylation sites (N-methyl/N-ethyl adjacent to an activating group) is 1. The minimum atomic E-state index is -4.52. The summed E-state index contributed by atoms with van der Waals surface area (Å²) in [6.07, 6.45) is -0.164. The Morgan fingerprint density at radius 1 is 1.09 bits per heavy atom. The number of halogens is 3. The van der Waals surface area contributed by atoms with Crippen LogP contribution in [0.25, 0.3) is 0 Å². The first-order valence-electron chi connectivity index (χ1n) is 12.4. The van der Waals surface area contributed by atoms with Crippen molar-refractivity contribution < 1.29 is 26.4 Å². The summed E-state index contributed by atoms with van der Waals surface area (Å²) < 4.78 is 66.6. The molecule has 2 saturated carbocycles. The molecule has 1 N–H and O–H groups in total. The molecule has 1 amide bonds. The maximum atomic E-state index is 13.7. The molecule has 2 aliphatic carbocycles. The van der Waals surface area contributed by atoms with Gasteiger partial charge in [0, 0.05) is 25.2 Å². The van der Waals surface area contributed by atoms with Crippen molar-refractivity contribution in [1.82, 2.24) is 14.5 Å². The Morgan fingerprint density at radius 3 is 2.23 bits per heavy atom. The van der Waals surface area contributed by atoms with Crippen LogP contribution in [0, 0.1) is 17.3 Å². The molecular formula is C25H36F3N3O3S. The van der Waals surface area contributed by atoms with Gasteiger partial charge in [-0.3, -0.25) is 4.79 Å². The minimum Gasteiger partial charge on any atom is -0.335 e. The second-order valence-electron chi connectivity index (χ2n) is 11.5. The summed E-state index contributed by atoms with van der Waals surface area (Å²) in [5.41, 5.74) is -0.890. The molecule has 6 nitrogen and oxygen atoms in total. The van der Waals surface area contributed by atoms with Gasteiger partial charge in [-0.2, -0.15) is 17.5 Å². The molecule has 0 unspecified atom stereocenters. The molecule has 35 heavy (non-hydrogen) atoms. The van der Waals surface area contributed by atoms with Crippen LogP contribution in [0.4, 0.5) is 13.2 Å². The molecular weight excluding hydrogens is 479 g/mol. The lowest BCUT2D eigenvalue weighted by Gasteiger charge is -2.37. The number of alkyl halides is 3. The molecule has 0 bridgehead atoms. The summed E-state index contributed by atoms with van der Waals surface area (Å²) in [4.78, 5) is 15.6. The average Bonchev–Trinajstić information content (AvgIpc) is 3.38. The van der Waals surface area contributed by atoms with Crippen LogP contribution in [-0.2, 0) is 21.0 Å². The van der Waals surface area contributed by atoms with Crippen molar-refractivity contribution >= 4 is 15.9 Å². The zero-order valence-electron chi connectivity index (χ0n) is 20.8. The Morgan fingerprint density at radius 2 is 1.71 bits per heavy atom. The van der Waals surface area contributed by atoms with Crippen LogP contribution in [0.5, 0.6) is 0 Å². The number of rotatable bonds is 7. The number of fused-ring (bicyclic) bond motifs is 1. The van der Waals surface area contributed by atoms with E-state index in [2.05, 4.69) is 26.1 Å². The number of nitrogens with one attached hydrogen (secondary N) is 1. The molecule has 4 atom stereocenters. The Bertz CT molecular complexity index is 1030. The van der Waals surface area contributed by atoms with Crippen molar-refractivity contribution in [1.29, 1.82) is 0 Å². The molecule has 1 saturated heterocycles. The van der Waals surface area contributed by atoms with Gasteiger partial charge >= 0.3 is 6.18 Å². The Balaban J connectivity index is 1.51. The maximum Gasteiger partial charge on any atom is 0.416 e. The summed E-state index contributed by atoms with van der Waals surface area (Å²) in [6.45, 7) is 6.96. The summed E-state index contributed by atoms with van der Waals surface area (Å²) in [6, 6.07) is 3.61. The minimum absolute atomic E-state index is 0.0105. The Labute approximate surface area is 206 Å². The summed E-state index contributed by atoms with van der Waals surface area (Å²) in [5.74, 6) is 0.282. The number of carbonyl (C=O) groups excluding carboxylic acids is 1. The highest BCUT2D eigenvalue weighted by atomic mass is 32.2. The normalized spacial score (nSPS) is 26.5.